The van der Waals surface area contributed by atoms with Crippen LogP contribution in [0, 0.1) is 5.41 Å². The van der Waals surface area contributed by atoms with Crippen LogP contribution in [-0.2, 0) is 11.8 Å². The fourth-order valence-electron chi connectivity index (χ4n) is 1.84. The summed E-state index contributed by atoms with van der Waals surface area (Å²) in [5.41, 5.74) is 7.12. The SMILES string of the molecule is CCOC(C(N)c1ccn(C)n1)C(C)(C)C. The second kappa shape index (κ2) is 4.97. The molecule has 0 bridgehead atoms. The van der Waals surface area contributed by atoms with E-state index in [4.69, 9.17) is 10.5 Å². The summed E-state index contributed by atoms with van der Waals surface area (Å²) in [5, 5.41) is 4.34. The number of ether oxygens (including phenoxy) is 1. The van der Waals surface area contributed by atoms with Gasteiger partial charge < -0.3 is 10.5 Å². The summed E-state index contributed by atoms with van der Waals surface area (Å²) in [5.74, 6) is 0. The van der Waals surface area contributed by atoms with Gasteiger partial charge in [-0.3, -0.25) is 4.68 Å². The number of nitrogens with zero attached hydrogens (tertiary/aromatic N) is 2. The molecule has 0 aromatic carbocycles. The highest BCUT2D eigenvalue weighted by Crippen LogP contribution is 2.30. The lowest BCUT2D eigenvalue weighted by Crippen LogP contribution is -2.39. The van der Waals surface area contributed by atoms with Gasteiger partial charge in [0.05, 0.1) is 17.8 Å². The van der Waals surface area contributed by atoms with Gasteiger partial charge in [-0.1, -0.05) is 20.8 Å². The van der Waals surface area contributed by atoms with Gasteiger partial charge >= 0.3 is 0 Å². The van der Waals surface area contributed by atoms with Crippen molar-refractivity contribution >= 4 is 0 Å². The molecule has 1 rings (SSSR count). The van der Waals surface area contributed by atoms with Crippen molar-refractivity contribution in [3.05, 3.63) is 18.0 Å². The average molecular weight is 225 g/mol. The zero-order valence-corrected chi connectivity index (χ0v) is 10.9. The first-order valence-corrected chi connectivity index (χ1v) is 5.73. The minimum Gasteiger partial charge on any atom is -0.376 e. The van der Waals surface area contributed by atoms with E-state index in [1.54, 1.807) is 4.68 Å². The van der Waals surface area contributed by atoms with Crippen LogP contribution in [0.4, 0.5) is 0 Å². The zero-order chi connectivity index (χ0) is 12.3. The van der Waals surface area contributed by atoms with Crippen LogP contribution in [0.2, 0.25) is 0 Å². The molecule has 0 saturated heterocycles. The summed E-state index contributed by atoms with van der Waals surface area (Å²) >= 11 is 0. The summed E-state index contributed by atoms with van der Waals surface area (Å²) in [4.78, 5) is 0. The molecular formula is C12H23N3O. The predicted molar refractivity (Wildman–Crippen MR) is 65.0 cm³/mol. The largest absolute Gasteiger partial charge is 0.376 e. The van der Waals surface area contributed by atoms with Gasteiger partial charge in [-0.25, -0.2) is 0 Å². The highest BCUT2D eigenvalue weighted by atomic mass is 16.5. The Kier molecular flexibility index (Phi) is 4.10. The lowest BCUT2D eigenvalue weighted by Gasteiger charge is -2.34. The highest BCUT2D eigenvalue weighted by Gasteiger charge is 2.32. The Morgan fingerprint density at radius 2 is 2.12 bits per heavy atom. The average Bonchev–Trinajstić information content (AvgIpc) is 2.58. The third-order valence-electron chi connectivity index (χ3n) is 2.60. The van der Waals surface area contributed by atoms with Gasteiger partial charge in [0.15, 0.2) is 0 Å². The number of aromatic nitrogens is 2. The van der Waals surface area contributed by atoms with Crippen molar-refractivity contribution in [1.82, 2.24) is 9.78 Å². The van der Waals surface area contributed by atoms with Gasteiger partial charge in [0.25, 0.3) is 0 Å². The first-order valence-electron chi connectivity index (χ1n) is 5.73. The van der Waals surface area contributed by atoms with Gasteiger partial charge in [-0.2, -0.15) is 5.10 Å². The second-order valence-corrected chi connectivity index (χ2v) is 5.18. The number of nitrogens with two attached hydrogens (primary N) is 1. The van der Waals surface area contributed by atoms with Crippen LogP contribution in [0.3, 0.4) is 0 Å². The summed E-state index contributed by atoms with van der Waals surface area (Å²) < 4.78 is 7.52. The number of hydrogen-bond donors (Lipinski definition) is 1. The van der Waals surface area contributed by atoms with E-state index in [0.717, 1.165) is 5.69 Å². The van der Waals surface area contributed by atoms with E-state index >= 15 is 0 Å². The van der Waals surface area contributed by atoms with E-state index in [-0.39, 0.29) is 17.6 Å². The lowest BCUT2D eigenvalue weighted by atomic mass is 9.83. The van der Waals surface area contributed by atoms with Gasteiger partial charge in [0.2, 0.25) is 0 Å². The fraction of sp³-hybridized carbons (Fsp3) is 0.750. The van der Waals surface area contributed by atoms with E-state index in [2.05, 4.69) is 25.9 Å². The second-order valence-electron chi connectivity index (χ2n) is 5.18. The molecule has 4 nitrogen and oxygen atoms in total. The molecule has 0 aliphatic carbocycles. The van der Waals surface area contributed by atoms with Crippen molar-refractivity contribution in [1.29, 1.82) is 0 Å². The Balaban J connectivity index is 2.86. The summed E-state index contributed by atoms with van der Waals surface area (Å²) in [7, 11) is 1.89. The first-order chi connectivity index (χ1) is 7.36. The molecule has 0 radical (unpaired) electrons. The normalized spacial score (nSPS) is 16.1. The third-order valence-corrected chi connectivity index (χ3v) is 2.60. The van der Waals surface area contributed by atoms with Crippen LogP contribution in [0.25, 0.3) is 0 Å². The number of hydrogen-bond acceptors (Lipinski definition) is 3. The predicted octanol–water partition coefficient (Wildman–Crippen LogP) is 1.87. The van der Waals surface area contributed by atoms with E-state index in [1.165, 1.54) is 0 Å². The molecule has 2 atom stereocenters. The lowest BCUT2D eigenvalue weighted by molar-refractivity contribution is -0.0291. The monoisotopic (exact) mass is 225 g/mol. The van der Waals surface area contributed by atoms with Gasteiger partial charge in [-0.15, -0.1) is 0 Å². The molecule has 1 heterocycles. The Hall–Kier alpha value is -0.870. The van der Waals surface area contributed by atoms with Crippen LogP contribution in [0.1, 0.15) is 39.4 Å². The molecular weight excluding hydrogens is 202 g/mol. The number of rotatable bonds is 4. The number of aryl methyl sites for hydroxylation is 1. The molecule has 4 heteroatoms. The third kappa shape index (κ3) is 3.06. The summed E-state index contributed by atoms with van der Waals surface area (Å²) in [6, 6.07) is 1.77. The van der Waals surface area contributed by atoms with E-state index in [1.807, 2.05) is 26.2 Å². The Bertz CT molecular complexity index is 327. The molecule has 2 unspecified atom stereocenters. The van der Waals surface area contributed by atoms with Crippen molar-refractivity contribution in [2.45, 2.75) is 39.8 Å². The fourth-order valence-corrected chi connectivity index (χ4v) is 1.84. The molecule has 1 aromatic heterocycles. The van der Waals surface area contributed by atoms with E-state index < -0.39 is 0 Å². The van der Waals surface area contributed by atoms with Crippen LogP contribution in [0.5, 0.6) is 0 Å². The molecule has 0 fully saturated rings. The maximum absolute atomic E-state index is 6.22. The molecule has 0 spiro atoms. The molecule has 0 aliphatic rings. The van der Waals surface area contributed by atoms with Crippen LogP contribution in [-0.4, -0.2) is 22.5 Å². The summed E-state index contributed by atoms with van der Waals surface area (Å²) in [6.07, 6.45) is 1.88. The smallest absolute Gasteiger partial charge is 0.0831 e. The Morgan fingerprint density at radius 3 is 2.50 bits per heavy atom. The maximum atomic E-state index is 6.22. The first kappa shape index (κ1) is 13.2. The van der Waals surface area contributed by atoms with Crippen LogP contribution in [0.15, 0.2) is 12.3 Å². The van der Waals surface area contributed by atoms with Crippen LogP contribution < -0.4 is 5.73 Å². The quantitative estimate of drug-likeness (QED) is 0.851. The zero-order valence-electron chi connectivity index (χ0n) is 10.9. The van der Waals surface area contributed by atoms with Gasteiger partial charge in [-0.05, 0) is 18.4 Å². The topological polar surface area (TPSA) is 53.1 Å². The molecule has 0 aliphatic heterocycles. The highest BCUT2D eigenvalue weighted by molar-refractivity contribution is 5.08. The van der Waals surface area contributed by atoms with Crippen molar-refractivity contribution < 1.29 is 4.74 Å². The van der Waals surface area contributed by atoms with Crippen molar-refractivity contribution in [2.75, 3.05) is 6.61 Å². The molecule has 2 N–H and O–H groups in total. The Labute approximate surface area is 97.8 Å². The molecule has 1 aromatic rings. The molecule has 0 saturated carbocycles. The van der Waals surface area contributed by atoms with Crippen molar-refractivity contribution in [3.8, 4) is 0 Å². The minimum atomic E-state index is -0.179. The minimum absolute atomic E-state index is 0.00689. The molecule has 0 amide bonds. The van der Waals surface area contributed by atoms with Gasteiger partial charge in [0.1, 0.15) is 0 Å². The van der Waals surface area contributed by atoms with Gasteiger partial charge in [0, 0.05) is 19.9 Å². The molecule has 16 heavy (non-hydrogen) atoms. The molecule has 92 valence electrons. The van der Waals surface area contributed by atoms with E-state index in [9.17, 15) is 0 Å². The Morgan fingerprint density at radius 1 is 1.50 bits per heavy atom. The standard InChI is InChI=1S/C12H23N3O/c1-6-16-11(12(2,3)4)10(13)9-7-8-15(5)14-9/h7-8,10-11H,6,13H2,1-5H3. The van der Waals surface area contributed by atoms with Crippen LogP contribution >= 0.6 is 0 Å². The van der Waals surface area contributed by atoms with E-state index in [0.29, 0.717) is 6.61 Å². The van der Waals surface area contributed by atoms with Crippen molar-refractivity contribution in [2.24, 2.45) is 18.2 Å². The van der Waals surface area contributed by atoms with Crippen molar-refractivity contribution in [3.63, 3.8) is 0 Å². The summed E-state index contributed by atoms with van der Waals surface area (Å²) in [6.45, 7) is 9.06. The maximum Gasteiger partial charge on any atom is 0.0831 e.